The van der Waals surface area contributed by atoms with E-state index in [0.717, 1.165) is 16.2 Å². The van der Waals surface area contributed by atoms with Gasteiger partial charge >= 0.3 is 0 Å². The van der Waals surface area contributed by atoms with Gasteiger partial charge in [-0.2, -0.15) is 14.6 Å². The number of allylic oxidation sites excluding steroid dienone is 4. The van der Waals surface area contributed by atoms with Crippen LogP contribution in [0.2, 0.25) is 0 Å². The minimum Gasteiger partial charge on any atom is -0.323 e. The second-order valence-corrected chi connectivity index (χ2v) is 5.21. The van der Waals surface area contributed by atoms with Gasteiger partial charge in [-0.1, -0.05) is 18.2 Å². The Morgan fingerprint density at radius 1 is 1.17 bits per heavy atom. The van der Waals surface area contributed by atoms with Crippen molar-refractivity contribution in [3.63, 3.8) is 0 Å². The maximum absolute atomic E-state index is 13.4. The minimum absolute atomic E-state index is 0.0837. The number of rotatable bonds is 3. The first-order valence-electron chi connectivity index (χ1n) is 6.90. The molecule has 0 aliphatic heterocycles. The molecule has 0 bridgehead atoms. The highest BCUT2D eigenvalue weighted by Crippen LogP contribution is 2.24. The monoisotopic (exact) mass is 312 g/mol. The van der Waals surface area contributed by atoms with Crippen molar-refractivity contribution in [3.8, 4) is 0 Å². The fraction of sp³-hybridized carbons (Fsp3) is 0.0625. The number of aromatic nitrogens is 4. The number of hydrogen-bond acceptors (Lipinski definition) is 3. The average Bonchev–Trinajstić information content (AvgIpc) is 2.88. The summed E-state index contributed by atoms with van der Waals surface area (Å²) in [5.74, 6) is -1.04. The smallest absolute Gasteiger partial charge is 0.279 e. The summed E-state index contributed by atoms with van der Waals surface area (Å²) in [6.07, 6.45) is 6.88. The number of hydrogen-bond donors (Lipinski definition) is 1. The van der Waals surface area contributed by atoms with E-state index in [9.17, 15) is 13.6 Å². The van der Waals surface area contributed by atoms with Crippen molar-refractivity contribution in [2.24, 2.45) is 0 Å². The highest BCUT2D eigenvalue weighted by Gasteiger charge is 2.18. The molecule has 114 valence electrons. The van der Waals surface area contributed by atoms with Gasteiger partial charge in [0.05, 0.1) is 5.69 Å². The molecule has 1 aromatic carbocycles. The third-order valence-corrected chi connectivity index (χ3v) is 3.68. The molecule has 1 N–H and O–H groups in total. The van der Waals surface area contributed by atoms with Crippen LogP contribution in [0.3, 0.4) is 0 Å². The zero-order valence-corrected chi connectivity index (χ0v) is 11.8. The number of H-pyrrole nitrogens is 1. The molecule has 0 atom stereocenters. The van der Waals surface area contributed by atoms with Crippen LogP contribution in [-0.4, -0.2) is 19.6 Å². The minimum atomic E-state index is -0.678. The Balaban J connectivity index is 1.90. The number of aromatic amines is 1. The van der Waals surface area contributed by atoms with Gasteiger partial charge in [0.2, 0.25) is 5.78 Å². The lowest BCUT2D eigenvalue weighted by molar-refractivity contribution is 0.580. The van der Waals surface area contributed by atoms with Crippen LogP contribution in [0, 0.1) is 11.6 Å². The Morgan fingerprint density at radius 3 is 2.57 bits per heavy atom. The lowest BCUT2D eigenvalue weighted by atomic mass is 9.96. The number of benzene rings is 1. The molecule has 0 saturated carbocycles. The Labute approximate surface area is 128 Å². The van der Waals surface area contributed by atoms with E-state index >= 15 is 0 Å². The molecule has 0 fully saturated rings. The summed E-state index contributed by atoms with van der Waals surface area (Å²) in [4.78, 5) is 19.7. The van der Waals surface area contributed by atoms with E-state index in [2.05, 4.69) is 15.1 Å². The van der Waals surface area contributed by atoms with Gasteiger partial charge in [-0.3, -0.25) is 4.79 Å². The molecule has 0 unspecified atom stereocenters. The summed E-state index contributed by atoms with van der Waals surface area (Å²) in [5, 5.41) is 3.88. The number of fused-ring (bicyclic) bond motifs is 1. The van der Waals surface area contributed by atoms with Crippen molar-refractivity contribution in [2.75, 3.05) is 0 Å². The van der Waals surface area contributed by atoms with Crippen LogP contribution in [-0.2, 0) is 6.42 Å². The van der Waals surface area contributed by atoms with Crippen LogP contribution in [0.25, 0.3) is 11.4 Å². The average molecular weight is 312 g/mol. The highest BCUT2D eigenvalue weighted by atomic mass is 19.1. The zero-order chi connectivity index (χ0) is 16.0. The van der Waals surface area contributed by atoms with Crippen molar-refractivity contribution in [3.05, 3.63) is 81.6 Å². The van der Waals surface area contributed by atoms with Crippen molar-refractivity contribution in [1.82, 2.24) is 19.6 Å². The van der Waals surface area contributed by atoms with Crippen molar-refractivity contribution < 1.29 is 8.78 Å². The summed E-state index contributed by atoms with van der Waals surface area (Å²) in [6, 6.07) is 3.22. The van der Waals surface area contributed by atoms with E-state index in [-0.39, 0.29) is 12.0 Å². The lowest BCUT2D eigenvalue weighted by Gasteiger charge is -2.13. The lowest BCUT2D eigenvalue weighted by Crippen LogP contribution is -2.23. The van der Waals surface area contributed by atoms with E-state index < -0.39 is 11.6 Å². The summed E-state index contributed by atoms with van der Waals surface area (Å²) >= 11 is 0. The van der Waals surface area contributed by atoms with E-state index in [1.54, 1.807) is 0 Å². The molecule has 1 aliphatic rings. The predicted octanol–water partition coefficient (Wildman–Crippen LogP) is 2.24. The van der Waals surface area contributed by atoms with Crippen LogP contribution in [0.15, 0.2) is 47.5 Å². The molecular formula is C16H10F2N4O. The number of halogens is 2. The SMILES string of the molecule is O=c1c(Cc2cc(F)cc(F)c2)c(C2=CC=C2)[nH]c2ncnn12. The second kappa shape index (κ2) is 4.98. The first-order valence-corrected chi connectivity index (χ1v) is 6.90. The highest BCUT2D eigenvalue weighted by molar-refractivity contribution is 5.81. The predicted molar refractivity (Wildman–Crippen MR) is 79.9 cm³/mol. The molecule has 4 rings (SSSR count). The Bertz CT molecular complexity index is 1030. The van der Waals surface area contributed by atoms with Gasteiger partial charge in [-0.15, -0.1) is 0 Å². The van der Waals surface area contributed by atoms with E-state index in [4.69, 9.17) is 0 Å². The second-order valence-electron chi connectivity index (χ2n) is 5.21. The topological polar surface area (TPSA) is 63.0 Å². The molecule has 0 amide bonds. The summed E-state index contributed by atoms with van der Waals surface area (Å²) in [6.45, 7) is 0. The van der Waals surface area contributed by atoms with Crippen molar-refractivity contribution in [1.29, 1.82) is 0 Å². The normalized spacial score (nSPS) is 13.2. The van der Waals surface area contributed by atoms with Crippen LogP contribution in [0.5, 0.6) is 0 Å². The summed E-state index contributed by atoms with van der Waals surface area (Å²) < 4.78 is 27.9. The molecule has 0 radical (unpaired) electrons. The molecule has 3 aromatic rings. The maximum atomic E-state index is 13.4. The van der Waals surface area contributed by atoms with E-state index in [1.165, 1.54) is 18.5 Å². The number of nitrogens with one attached hydrogen (secondary N) is 1. The standard InChI is InChI=1S/C16H10F2N4O/c17-11-4-9(5-12(18)7-11)6-13-14(10-2-1-3-10)21-16-19-8-20-22(16)15(13)23/h1-5,7-8H,6H2,(H,19,20,21). The molecule has 2 aromatic heterocycles. The van der Waals surface area contributed by atoms with Gasteiger partial charge in [-0.05, 0) is 23.3 Å². The van der Waals surface area contributed by atoms with Gasteiger partial charge in [0.25, 0.3) is 5.56 Å². The van der Waals surface area contributed by atoms with Gasteiger partial charge in [0, 0.05) is 18.1 Å². The molecule has 0 spiro atoms. The Morgan fingerprint density at radius 2 is 1.91 bits per heavy atom. The molecule has 1 aliphatic carbocycles. The maximum Gasteiger partial charge on any atom is 0.279 e. The van der Waals surface area contributed by atoms with Crippen LogP contribution in [0.4, 0.5) is 8.78 Å². The largest absolute Gasteiger partial charge is 0.323 e. The van der Waals surface area contributed by atoms with Gasteiger partial charge in [0.15, 0.2) is 0 Å². The quantitative estimate of drug-likeness (QED) is 0.807. The van der Waals surface area contributed by atoms with Crippen molar-refractivity contribution >= 4 is 11.4 Å². The third-order valence-electron chi connectivity index (χ3n) is 3.68. The summed E-state index contributed by atoms with van der Waals surface area (Å²) in [5.41, 5.74) is 1.81. The molecule has 7 heteroatoms. The van der Waals surface area contributed by atoms with Gasteiger partial charge in [-0.25, -0.2) is 8.78 Å². The van der Waals surface area contributed by atoms with Gasteiger partial charge in [0.1, 0.15) is 18.0 Å². The fourth-order valence-electron chi connectivity index (χ4n) is 2.58. The zero-order valence-electron chi connectivity index (χ0n) is 11.8. The number of nitrogens with zero attached hydrogens (tertiary/aromatic N) is 3. The Hall–Kier alpha value is -3.09. The first kappa shape index (κ1) is 13.6. The fourth-order valence-corrected chi connectivity index (χ4v) is 2.58. The molecular weight excluding hydrogens is 302 g/mol. The molecule has 23 heavy (non-hydrogen) atoms. The molecule has 0 saturated heterocycles. The van der Waals surface area contributed by atoms with Gasteiger partial charge < -0.3 is 4.98 Å². The van der Waals surface area contributed by atoms with Crippen molar-refractivity contribution in [2.45, 2.75) is 6.42 Å². The molecule has 2 heterocycles. The van der Waals surface area contributed by atoms with Crippen LogP contribution < -0.4 is 5.56 Å². The first-order chi connectivity index (χ1) is 11.1. The molecule has 5 nitrogen and oxygen atoms in total. The van der Waals surface area contributed by atoms with Crippen LogP contribution >= 0.6 is 0 Å². The van der Waals surface area contributed by atoms with E-state index in [0.29, 0.717) is 22.6 Å². The Kier molecular flexibility index (Phi) is 2.94. The summed E-state index contributed by atoms with van der Waals surface area (Å²) in [7, 11) is 0. The van der Waals surface area contributed by atoms with E-state index in [1.807, 2.05) is 18.2 Å². The van der Waals surface area contributed by atoms with Crippen LogP contribution in [0.1, 0.15) is 16.8 Å². The third kappa shape index (κ3) is 2.26.